The number of rotatable bonds is 2. The van der Waals surface area contributed by atoms with E-state index in [0.717, 1.165) is 23.9 Å². The molecule has 1 aromatic carbocycles. The monoisotopic (exact) mass is 284 g/mol. The van der Waals surface area contributed by atoms with Crippen LogP contribution in [-0.2, 0) is 0 Å². The van der Waals surface area contributed by atoms with Gasteiger partial charge in [-0.25, -0.2) is 0 Å². The standard InChI is InChI=1S/C16H20N4O/c1-20-9-10-6-7-11(20)8-14(10)17-16(21)15-12-4-2-3-5-13(12)18-19-15/h2-5,10-11,14H,6-9H2,1H3,(H,17,21)(H,18,19). The zero-order chi connectivity index (χ0) is 14.4. The number of amides is 1. The minimum absolute atomic E-state index is 0.0485. The second-order valence-electron chi connectivity index (χ2n) is 6.36. The molecule has 0 radical (unpaired) electrons. The molecule has 21 heavy (non-hydrogen) atoms. The van der Waals surface area contributed by atoms with Crippen LogP contribution >= 0.6 is 0 Å². The number of carbonyl (C=O) groups is 1. The maximum atomic E-state index is 12.5. The van der Waals surface area contributed by atoms with E-state index in [2.05, 4.69) is 27.5 Å². The molecule has 2 bridgehead atoms. The number of H-pyrrole nitrogens is 1. The molecular formula is C16H20N4O. The third kappa shape index (κ3) is 2.12. The zero-order valence-corrected chi connectivity index (χ0v) is 12.2. The Hall–Kier alpha value is -1.88. The first-order chi connectivity index (χ1) is 10.2. The van der Waals surface area contributed by atoms with Crippen LogP contribution < -0.4 is 5.32 Å². The van der Waals surface area contributed by atoms with Crippen LogP contribution in [0.1, 0.15) is 29.8 Å². The van der Waals surface area contributed by atoms with Gasteiger partial charge in [0.25, 0.3) is 5.91 Å². The van der Waals surface area contributed by atoms with Crippen LogP contribution in [0.3, 0.4) is 0 Å². The average Bonchev–Trinajstić information content (AvgIpc) is 2.92. The number of fused-ring (bicyclic) bond motifs is 4. The molecule has 1 amide bonds. The molecule has 3 aliphatic rings. The smallest absolute Gasteiger partial charge is 0.272 e. The summed E-state index contributed by atoms with van der Waals surface area (Å²) in [7, 11) is 2.19. The van der Waals surface area contributed by atoms with E-state index in [1.54, 1.807) is 0 Å². The summed E-state index contributed by atoms with van der Waals surface area (Å²) in [5, 5.41) is 11.2. The Labute approximate surface area is 123 Å². The van der Waals surface area contributed by atoms with Crippen molar-refractivity contribution in [2.45, 2.75) is 31.3 Å². The molecule has 0 spiro atoms. The molecule has 3 heterocycles. The number of aromatic amines is 1. The van der Waals surface area contributed by atoms with Crippen molar-refractivity contribution in [3.63, 3.8) is 0 Å². The number of para-hydroxylation sites is 1. The average molecular weight is 284 g/mol. The summed E-state index contributed by atoms with van der Waals surface area (Å²) in [6, 6.07) is 8.68. The summed E-state index contributed by atoms with van der Waals surface area (Å²) < 4.78 is 0. The van der Waals surface area contributed by atoms with Crippen molar-refractivity contribution >= 4 is 16.8 Å². The lowest BCUT2D eigenvalue weighted by Gasteiger charge is -2.48. The molecule has 110 valence electrons. The van der Waals surface area contributed by atoms with Crippen molar-refractivity contribution in [1.82, 2.24) is 20.4 Å². The second kappa shape index (κ2) is 4.84. The van der Waals surface area contributed by atoms with Gasteiger partial charge in [-0.15, -0.1) is 0 Å². The fraction of sp³-hybridized carbons (Fsp3) is 0.500. The predicted molar refractivity (Wildman–Crippen MR) is 81.1 cm³/mol. The minimum Gasteiger partial charge on any atom is -0.348 e. The van der Waals surface area contributed by atoms with Crippen LogP contribution in [0.4, 0.5) is 0 Å². The summed E-state index contributed by atoms with van der Waals surface area (Å²) in [5.74, 6) is 0.529. The number of aromatic nitrogens is 2. The fourth-order valence-electron chi connectivity index (χ4n) is 3.90. The van der Waals surface area contributed by atoms with Gasteiger partial charge >= 0.3 is 0 Å². The van der Waals surface area contributed by atoms with Crippen molar-refractivity contribution < 1.29 is 4.79 Å². The van der Waals surface area contributed by atoms with Gasteiger partial charge in [-0.2, -0.15) is 5.10 Å². The van der Waals surface area contributed by atoms with Gasteiger partial charge in [0, 0.05) is 24.0 Å². The van der Waals surface area contributed by atoms with Crippen molar-refractivity contribution in [3.05, 3.63) is 30.0 Å². The van der Waals surface area contributed by atoms with E-state index in [-0.39, 0.29) is 5.91 Å². The highest BCUT2D eigenvalue weighted by molar-refractivity contribution is 6.04. The van der Waals surface area contributed by atoms with Crippen molar-refractivity contribution in [2.75, 3.05) is 13.6 Å². The van der Waals surface area contributed by atoms with E-state index in [1.807, 2.05) is 24.3 Å². The SMILES string of the molecule is CN1CC2CCC1CC2NC(=O)c1n[nH]c2ccccc12. The third-order valence-corrected chi connectivity index (χ3v) is 5.11. The molecule has 2 aromatic rings. The molecule has 1 aromatic heterocycles. The lowest BCUT2D eigenvalue weighted by molar-refractivity contribution is 0.0397. The largest absolute Gasteiger partial charge is 0.348 e. The first kappa shape index (κ1) is 12.8. The van der Waals surface area contributed by atoms with Gasteiger partial charge in [0.2, 0.25) is 0 Å². The molecule has 1 aliphatic carbocycles. The molecule has 2 saturated heterocycles. The molecule has 1 saturated carbocycles. The summed E-state index contributed by atoms with van der Waals surface area (Å²) in [6.45, 7) is 1.09. The molecule has 3 atom stereocenters. The Kier molecular flexibility index (Phi) is 2.96. The Bertz CT molecular complexity index is 680. The lowest BCUT2D eigenvalue weighted by atomic mass is 9.76. The van der Waals surface area contributed by atoms with Crippen LogP contribution in [-0.4, -0.2) is 46.7 Å². The first-order valence-electron chi connectivity index (χ1n) is 7.66. The van der Waals surface area contributed by atoms with Gasteiger partial charge in [0.05, 0.1) is 5.52 Å². The van der Waals surface area contributed by atoms with Gasteiger partial charge in [0.1, 0.15) is 0 Å². The second-order valence-corrected chi connectivity index (χ2v) is 6.36. The Morgan fingerprint density at radius 3 is 3.00 bits per heavy atom. The number of nitrogens with one attached hydrogen (secondary N) is 2. The maximum Gasteiger partial charge on any atom is 0.272 e. The van der Waals surface area contributed by atoms with E-state index in [9.17, 15) is 4.79 Å². The number of hydrogen-bond donors (Lipinski definition) is 2. The molecule has 3 fully saturated rings. The minimum atomic E-state index is -0.0485. The van der Waals surface area contributed by atoms with Gasteiger partial charge in [0.15, 0.2) is 5.69 Å². The van der Waals surface area contributed by atoms with E-state index < -0.39 is 0 Å². The predicted octanol–water partition coefficient (Wildman–Crippen LogP) is 1.78. The quantitative estimate of drug-likeness (QED) is 0.883. The highest BCUT2D eigenvalue weighted by atomic mass is 16.2. The molecule has 5 nitrogen and oxygen atoms in total. The zero-order valence-electron chi connectivity index (χ0n) is 12.2. The Balaban J connectivity index is 1.54. The highest BCUT2D eigenvalue weighted by Crippen LogP contribution is 2.34. The Morgan fingerprint density at radius 1 is 1.38 bits per heavy atom. The van der Waals surface area contributed by atoms with Crippen molar-refractivity contribution in [1.29, 1.82) is 0 Å². The molecule has 3 unspecified atom stereocenters. The summed E-state index contributed by atoms with van der Waals surface area (Å²) in [6.07, 6.45) is 3.55. The maximum absolute atomic E-state index is 12.5. The van der Waals surface area contributed by atoms with Gasteiger partial charge in [-0.1, -0.05) is 18.2 Å². The third-order valence-electron chi connectivity index (χ3n) is 5.11. The van der Waals surface area contributed by atoms with Gasteiger partial charge < -0.3 is 10.2 Å². The number of hydrogen-bond acceptors (Lipinski definition) is 3. The van der Waals surface area contributed by atoms with Crippen LogP contribution in [0.25, 0.3) is 10.9 Å². The molecule has 2 aliphatic heterocycles. The number of carbonyl (C=O) groups excluding carboxylic acids is 1. The van der Waals surface area contributed by atoms with Crippen molar-refractivity contribution in [3.8, 4) is 0 Å². The van der Waals surface area contributed by atoms with Crippen LogP contribution in [0.5, 0.6) is 0 Å². The van der Waals surface area contributed by atoms with Gasteiger partial charge in [-0.05, 0) is 38.3 Å². The normalized spacial score (nSPS) is 28.9. The number of nitrogens with zero attached hydrogens (tertiary/aromatic N) is 2. The summed E-state index contributed by atoms with van der Waals surface area (Å²) in [5.41, 5.74) is 1.42. The first-order valence-corrected chi connectivity index (χ1v) is 7.66. The van der Waals surface area contributed by atoms with Crippen molar-refractivity contribution in [2.24, 2.45) is 5.92 Å². The number of benzene rings is 1. The van der Waals surface area contributed by atoms with E-state index in [0.29, 0.717) is 23.7 Å². The lowest BCUT2D eigenvalue weighted by Crippen LogP contribution is -2.57. The molecular weight excluding hydrogens is 264 g/mol. The topological polar surface area (TPSA) is 61.0 Å². The van der Waals surface area contributed by atoms with Crippen LogP contribution in [0.2, 0.25) is 0 Å². The van der Waals surface area contributed by atoms with E-state index >= 15 is 0 Å². The van der Waals surface area contributed by atoms with Crippen LogP contribution in [0.15, 0.2) is 24.3 Å². The fourth-order valence-corrected chi connectivity index (χ4v) is 3.90. The molecule has 5 heteroatoms. The molecule has 5 rings (SSSR count). The summed E-state index contributed by atoms with van der Waals surface area (Å²) >= 11 is 0. The summed E-state index contributed by atoms with van der Waals surface area (Å²) in [4.78, 5) is 15.0. The highest BCUT2D eigenvalue weighted by Gasteiger charge is 2.39. The van der Waals surface area contributed by atoms with E-state index in [1.165, 1.54) is 12.8 Å². The van der Waals surface area contributed by atoms with Crippen LogP contribution in [0, 0.1) is 5.92 Å². The molecule has 2 N–H and O–H groups in total. The Morgan fingerprint density at radius 2 is 2.24 bits per heavy atom. The van der Waals surface area contributed by atoms with E-state index in [4.69, 9.17) is 0 Å². The van der Waals surface area contributed by atoms with Gasteiger partial charge in [-0.3, -0.25) is 9.89 Å². The number of piperidine rings is 2.